The summed E-state index contributed by atoms with van der Waals surface area (Å²) in [6, 6.07) is 15.2. The zero-order valence-corrected chi connectivity index (χ0v) is 18.0. The molecule has 3 aliphatic heterocycles. The Labute approximate surface area is 187 Å². The number of amides is 2. The summed E-state index contributed by atoms with van der Waals surface area (Å²) >= 11 is 0. The largest absolute Gasteiger partial charge is 0.390 e. The molecule has 3 N–H and O–H groups in total. The lowest BCUT2D eigenvalue weighted by atomic mass is 9.93. The van der Waals surface area contributed by atoms with Crippen molar-refractivity contribution >= 4 is 11.8 Å². The summed E-state index contributed by atoms with van der Waals surface area (Å²) in [6.45, 7) is 2.08. The van der Waals surface area contributed by atoms with E-state index in [0.29, 0.717) is 30.9 Å². The molecule has 0 spiro atoms. The lowest BCUT2D eigenvalue weighted by Crippen LogP contribution is -2.49. The Morgan fingerprint density at radius 2 is 1.69 bits per heavy atom. The lowest BCUT2D eigenvalue weighted by Gasteiger charge is -2.34. The van der Waals surface area contributed by atoms with Crippen LogP contribution in [0.4, 0.5) is 0 Å². The van der Waals surface area contributed by atoms with Crippen molar-refractivity contribution in [1.29, 1.82) is 0 Å². The molecule has 3 aliphatic rings. The average molecular weight is 436 g/mol. The van der Waals surface area contributed by atoms with E-state index in [2.05, 4.69) is 22.8 Å². The van der Waals surface area contributed by atoms with Crippen molar-refractivity contribution in [3.05, 3.63) is 70.8 Å². The normalized spacial score (nSPS) is 25.2. The fourth-order valence-electron chi connectivity index (χ4n) is 5.07. The van der Waals surface area contributed by atoms with Crippen LogP contribution in [-0.2, 0) is 17.7 Å². The number of aliphatic hydroxyl groups is 1. The maximum atomic E-state index is 12.9. The fourth-order valence-corrected chi connectivity index (χ4v) is 5.07. The van der Waals surface area contributed by atoms with Crippen molar-refractivity contribution in [3.8, 4) is 0 Å². The number of carbonyl (C=O) groups is 2. The van der Waals surface area contributed by atoms with Gasteiger partial charge in [-0.3, -0.25) is 9.59 Å². The molecule has 4 atom stereocenters. The van der Waals surface area contributed by atoms with E-state index in [9.17, 15) is 14.7 Å². The first-order valence-electron chi connectivity index (χ1n) is 11.4. The number of hydrogen-bond donors (Lipinski definition) is 3. The molecule has 2 fully saturated rings. The number of hydrogen-bond acceptors (Lipinski definition) is 5. The van der Waals surface area contributed by atoms with E-state index in [1.807, 2.05) is 17.0 Å². The summed E-state index contributed by atoms with van der Waals surface area (Å²) in [5, 5.41) is 16.7. The minimum absolute atomic E-state index is 0.00633. The fraction of sp³-hybridized carbons (Fsp3) is 0.440. The standard InChI is InChI=1S/C25H29N3O4/c29-23(22-11-18-3-1-2-4-19(18)12-26-22)13-27-24(30)16-5-7-17(8-6-16)25(31)28-20-9-10-21(28)15-32-14-20/h1-8,20-23,26,29H,9-15H2,(H,27,30)/t20?,21?,22-,23+/m0/s1. The number of ether oxygens (including phenoxy) is 1. The summed E-state index contributed by atoms with van der Waals surface area (Å²) in [6.07, 6.45) is 2.01. The van der Waals surface area contributed by atoms with Crippen molar-refractivity contribution in [3.63, 3.8) is 0 Å². The van der Waals surface area contributed by atoms with E-state index in [0.717, 1.165) is 19.3 Å². The minimum atomic E-state index is -0.690. The molecule has 7 heteroatoms. The molecule has 7 nitrogen and oxygen atoms in total. The van der Waals surface area contributed by atoms with Gasteiger partial charge in [-0.2, -0.15) is 0 Å². The Kier molecular flexibility index (Phi) is 5.95. The number of morpholine rings is 1. The van der Waals surface area contributed by atoms with Crippen LogP contribution >= 0.6 is 0 Å². The second-order valence-electron chi connectivity index (χ2n) is 8.95. The SMILES string of the molecule is O=C(NC[C@@H](O)[C@@H]1Cc2ccccc2CN1)c1ccc(C(=O)N2C3CCC2COC3)cc1. The molecule has 2 aromatic rings. The van der Waals surface area contributed by atoms with Crippen LogP contribution in [0.15, 0.2) is 48.5 Å². The first-order chi connectivity index (χ1) is 15.6. The highest BCUT2D eigenvalue weighted by Crippen LogP contribution is 2.30. The molecule has 2 unspecified atom stereocenters. The van der Waals surface area contributed by atoms with Gasteiger partial charge >= 0.3 is 0 Å². The third kappa shape index (κ3) is 4.16. The van der Waals surface area contributed by atoms with Gasteiger partial charge in [0, 0.05) is 30.3 Å². The number of aliphatic hydroxyl groups excluding tert-OH is 1. The molecular formula is C25H29N3O4. The number of nitrogens with zero attached hydrogens (tertiary/aromatic N) is 1. The Morgan fingerprint density at radius 3 is 2.41 bits per heavy atom. The predicted molar refractivity (Wildman–Crippen MR) is 119 cm³/mol. The zero-order valence-electron chi connectivity index (χ0n) is 18.0. The highest BCUT2D eigenvalue weighted by atomic mass is 16.5. The van der Waals surface area contributed by atoms with Gasteiger partial charge in [-0.25, -0.2) is 0 Å². The Hall–Kier alpha value is -2.74. The zero-order chi connectivity index (χ0) is 22.1. The van der Waals surface area contributed by atoms with Crippen LogP contribution in [0.5, 0.6) is 0 Å². The molecule has 2 aromatic carbocycles. The number of carbonyl (C=O) groups excluding carboxylic acids is 2. The summed E-state index contributed by atoms with van der Waals surface area (Å²) in [5.74, 6) is -0.252. The molecule has 0 radical (unpaired) electrons. The van der Waals surface area contributed by atoms with E-state index in [-0.39, 0.29) is 36.5 Å². The quantitative estimate of drug-likeness (QED) is 0.662. The van der Waals surface area contributed by atoms with Crippen LogP contribution < -0.4 is 10.6 Å². The van der Waals surface area contributed by atoms with Crippen LogP contribution in [0.2, 0.25) is 0 Å². The highest BCUT2D eigenvalue weighted by Gasteiger charge is 2.40. The first kappa shape index (κ1) is 21.1. The monoisotopic (exact) mass is 435 g/mol. The van der Waals surface area contributed by atoms with Gasteiger partial charge in [0.05, 0.1) is 31.4 Å². The summed E-state index contributed by atoms with van der Waals surface area (Å²) < 4.78 is 5.56. The van der Waals surface area contributed by atoms with Crippen LogP contribution in [0.3, 0.4) is 0 Å². The van der Waals surface area contributed by atoms with Gasteiger partial charge in [-0.15, -0.1) is 0 Å². The third-order valence-corrected chi connectivity index (χ3v) is 6.92. The van der Waals surface area contributed by atoms with Crippen molar-refractivity contribution in [1.82, 2.24) is 15.5 Å². The maximum Gasteiger partial charge on any atom is 0.254 e. The summed E-state index contributed by atoms with van der Waals surface area (Å²) in [7, 11) is 0. The molecule has 168 valence electrons. The van der Waals surface area contributed by atoms with Crippen LogP contribution in [0.1, 0.15) is 44.7 Å². The van der Waals surface area contributed by atoms with E-state index in [1.54, 1.807) is 24.3 Å². The molecule has 2 saturated heterocycles. The van der Waals surface area contributed by atoms with E-state index >= 15 is 0 Å². The van der Waals surface area contributed by atoms with Crippen molar-refractivity contribution in [2.24, 2.45) is 0 Å². The van der Waals surface area contributed by atoms with Gasteiger partial charge in [0.2, 0.25) is 0 Å². The highest BCUT2D eigenvalue weighted by molar-refractivity contribution is 5.98. The molecule has 0 aliphatic carbocycles. The van der Waals surface area contributed by atoms with Crippen LogP contribution in [0, 0.1) is 0 Å². The van der Waals surface area contributed by atoms with E-state index in [1.165, 1.54) is 11.1 Å². The Morgan fingerprint density at radius 1 is 1.03 bits per heavy atom. The van der Waals surface area contributed by atoms with Crippen molar-refractivity contribution < 1.29 is 19.4 Å². The number of rotatable bonds is 5. The molecule has 32 heavy (non-hydrogen) atoms. The predicted octanol–water partition coefficient (Wildman–Crippen LogP) is 1.50. The third-order valence-electron chi connectivity index (χ3n) is 6.92. The van der Waals surface area contributed by atoms with Gasteiger partial charge in [-0.1, -0.05) is 24.3 Å². The van der Waals surface area contributed by atoms with E-state index < -0.39 is 6.10 Å². The first-order valence-corrected chi connectivity index (χ1v) is 11.4. The van der Waals surface area contributed by atoms with Gasteiger partial charge in [0.25, 0.3) is 11.8 Å². The molecule has 0 aromatic heterocycles. The second kappa shape index (κ2) is 9.02. The van der Waals surface area contributed by atoms with Crippen molar-refractivity contribution in [2.45, 2.75) is 50.0 Å². The molecule has 0 saturated carbocycles. The minimum Gasteiger partial charge on any atom is -0.390 e. The molecule has 3 heterocycles. The smallest absolute Gasteiger partial charge is 0.254 e. The molecule has 2 amide bonds. The molecule has 5 rings (SSSR count). The van der Waals surface area contributed by atoms with Crippen molar-refractivity contribution in [2.75, 3.05) is 19.8 Å². The second-order valence-corrected chi connectivity index (χ2v) is 8.95. The Bertz CT molecular complexity index is 977. The van der Waals surface area contributed by atoms with Gasteiger partial charge in [0.15, 0.2) is 0 Å². The number of fused-ring (bicyclic) bond motifs is 3. The van der Waals surface area contributed by atoms with Gasteiger partial charge < -0.3 is 25.4 Å². The van der Waals surface area contributed by atoms with E-state index in [4.69, 9.17) is 4.74 Å². The van der Waals surface area contributed by atoms with Gasteiger partial charge in [-0.05, 0) is 54.7 Å². The van der Waals surface area contributed by atoms with Gasteiger partial charge in [0.1, 0.15) is 0 Å². The molecular weight excluding hydrogens is 406 g/mol. The number of benzene rings is 2. The van der Waals surface area contributed by atoms with Crippen LogP contribution in [-0.4, -0.2) is 65.8 Å². The number of nitrogens with one attached hydrogen (secondary N) is 2. The van der Waals surface area contributed by atoms with Crippen LogP contribution in [0.25, 0.3) is 0 Å². The summed E-state index contributed by atoms with van der Waals surface area (Å²) in [5.41, 5.74) is 3.54. The lowest BCUT2D eigenvalue weighted by molar-refractivity contribution is -0.00716. The maximum absolute atomic E-state index is 12.9. The summed E-state index contributed by atoms with van der Waals surface area (Å²) in [4.78, 5) is 27.5. The Balaban J connectivity index is 1.15. The average Bonchev–Trinajstić information content (AvgIpc) is 3.09. The molecule has 2 bridgehead atoms. The topological polar surface area (TPSA) is 90.9 Å².